The van der Waals surface area contributed by atoms with Crippen molar-refractivity contribution in [1.29, 1.82) is 0 Å². The van der Waals surface area contributed by atoms with Gasteiger partial charge in [0.1, 0.15) is 0 Å². The van der Waals surface area contributed by atoms with Crippen LogP contribution in [0.4, 0.5) is 0 Å². The van der Waals surface area contributed by atoms with Crippen molar-refractivity contribution in [2.45, 2.75) is 37.4 Å². The molecule has 1 N–H and O–H groups in total. The summed E-state index contributed by atoms with van der Waals surface area (Å²) in [6, 6.07) is 22.8. The van der Waals surface area contributed by atoms with Crippen molar-refractivity contribution in [3.63, 3.8) is 0 Å². The molecule has 2 aromatic carbocycles. The maximum absolute atomic E-state index is 4.92. The van der Waals surface area contributed by atoms with Crippen molar-refractivity contribution in [3.05, 3.63) is 79.1 Å². The van der Waals surface area contributed by atoms with Crippen LogP contribution in [-0.2, 0) is 6.54 Å². The quantitative estimate of drug-likeness (QED) is 0.250. The number of unbranched alkanes of at least 4 members (excludes halogenated alkanes) is 3. The molecule has 5 heteroatoms. The van der Waals surface area contributed by atoms with Crippen LogP contribution in [0.5, 0.6) is 0 Å². The van der Waals surface area contributed by atoms with Crippen molar-refractivity contribution < 1.29 is 0 Å². The summed E-state index contributed by atoms with van der Waals surface area (Å²) in [6.45, 7) is 1.01. The molecule has 0 fully saturated rings. The van der Waals surface area contributed by atoms with Gasteiger partial charge in [0.05, 0.1) is 11.4 Å². The first-order valence-corrected chi connectivity index (χ1v) is 11.2. The van der Waals surface area contributed by atoms with E-state index in [1.54, 1.807) is 0 Å². The van der Waals surface area contributed by atoms with Crippen LogP contribution >= 0.6 is 11.8 Å². The number of nitrogens with one attached hydrogen (secondary N) is 1. The van der Waals surface area contributed by atoms with Crippen molar-refractivity contribution in [2.75, 3.05) is 5.75 Å². The molecule has 2 aromatic heterocycles. The minimum absolute atomic E-state index is 0.999. The molecule has 0 atom stereocenters. The maximum atomic E-state index is 4.92. The molecule has 0 aliphatic carbocycles. The van der Waals surface area contributed by atoms with Crippen LogP contribution in [0.25, 0.3) is 22.5 Å². The highest BCUT2D eigenvalue weighted by Crippen LogP contribution is 2.32. The number of hydrogen-bond acceptors (Lipinski definition) is 3. The Balaban J connectivity index is 1.34. The van der Waals surface area contributed by atoms with Gasteiger partial charge in [0.2, 0.25) is 0 Å². The summed E-state index contributed by atoms with van der Waals surface area (Å²) in [5.41, 5.74) is 4.44. The molecule has 0 unspecified atom stereocenters. The fraction of sp³-hybridized carbons (Fsp3) is 0.250. The number of aromatic amines is 1. The molecule has 0 spiro atoms. The van der Waals surface area contributed by atoms with Gasteiger partial charge in [-0.1, -0.05) is 85.3 Å². The van der Waals surface area contributed by atoms with E-state index in [2.05, 4.69) is 58.6 Å². The van der Waals surface area contributed by atoms with Crippen molar-refractivity contribution >= 4 is 11.8 Å². The summed E-state index contributed by atoms with van der Waals surface area (Å²) < 4.78 is 2.01. The van der Waals surface area contributed by atoms with Crippen molar-refractivity contribution in [3.8, 4) is 22.5 Å². The average molecular weight is 403 g/mol. The number of H-pyrrole nitrogens is 1. The molecule has 0 radical (unpaired) electrons. The van der Waals surface area contributed by atoms with Crippen molar-refractivity contribution in [2.24, 2.45) is 0 Å². The number of rotatable bonds is 10. The zero-order valence-electron chi connectivity index (χ0n) is 16.5. The van der Waals surface area contributed by atoms with Gasteiger partial charge in [0.25, 0.3) is 0 Å². The van der Waals surface area contributed by atoms with Crippen LogP contribution in [0.3, 0.4) is 0 Å². The molecule has 4 nitrogen and oxygen atoms in total. The van der Waals surface area contributed by atoms with Crippen LogP contribution in [0, 0.1) is 0 Å². The van der Waals surface area contributed by atoms with Gasteiger partial charge < -0.3 is 4.98 Å². The molecule has 0 aliphatic heterocycles. The number of aryl methyl sites for hydroxylation is 1. The highest BCUT2D eigenvalue weighted by Gasteiger charge is 2.14. The summed E-state index contributed by atoms with van der Waals surface area (Å²) in [4.78, 5) is 8.48. The third kappa shape index (κ3) is 5.39. The molecule has 29 heavy (non-hydrogen) atoms. The lowest BCUT2D eigenvalue weighted by Crippen LogP contribution is -1.97. The van der Waals surface area contributed by atoms with E-state index in [1.165, 1.54) is 31.2 Å². The van der Waals surface area contributed by atoms with Gasteiger partial charge >= 0.3 is 0 Å². The lowest BCUT2D eigenvalue weighted by Gasteiger charge is -2.02. The molecule has 0 saturated heterocycles. The molecule has 2 heterocycles. The topological polar surface area (TPSA) is 46.5 Å². The minimum Gasteiger partial charge on any atom is -0.332 e. The lowest BCUT2D eigenvalue weighted by atomic mass is 10.1. The van der Waals surface area contributed by atoms with Gasteiger partial charge in [-0.25, -0.2) is 4.98 Å². The smallest absolute Gasteiger partial charge is 0.166 e. The van der Waals surface area contributed by atoms with Gasteiger partial charge in [0, 0.05) is 35.8 Å². The fourth-order valence-corrected chi connectivity index (χ4v) is 4.24. The average Bonchev–Trinajstić information content (AvgIpc) is 3.44. The van der Waals surface area contributed by atoms with Gasteiger partial charge in [0.15, 0.2) is 5.16 Å². The first-order chi connectivity index (χ1) is 14.4. The van der Waals surface area contributed by atoms with Crippen LogP contribution in [-0.4, -0.2) is 25.5 Å². The summed E-state index contributed by atoms with van der Waals surface area (Å²) in [5.74, 6) is 1.08. The summed E-state index contributed by atoms with van der Waals surface area (Å²) in [6.07, 6.45) is 8.74. The van der Waals surface area contributed by atoms with E-state index in [-0.39, 0.29) is 0 Å². The second-order valence-electron chi connectivity index (χ2n) is 7.03. The molecule has 0 bridgehead atoms. The molecule has 0 amide bonds. The predicted molar refractivity (Wildman–Crippen MR) is 121 cm³/mol. The molecule has 4 rings (SSSR count). The Bertz CT molecular complexity index is 921. The number of aromatic nitrogens is 4. The molecular weight excluding hydrogens is 376 g/mol. The largest absolute Gasteiger partial charge is 0.332 e. The highest BCUT2D eigenvalue weighted by molar-refractivity contribution is 7.99. The summed E-state index contributed by atoms with van der Waals surface area (Å²) in [7, 11) is 0. The Hall–Kier alpha value is -2.79. The van der Waals surface area contributed by atoms with E-state index < -0.39 is 0 Å². The number of benzene rings is 2. The van der Waals surface area contributed by atoms with Gasteiger partial charge in [-0.05, 0) is 18.9 Å². The minimum atomic E-state index is 0.999. The first-order valence-electron chi connectivity index (χ1n) is 10.2. The SMILES string of the molecule is c1ccc(-c2nc(SCCCCCCn3cccn3)[nH]c2-c2ccccc2)cc1. The zero-order valence-corrected chi connectivity index (χ0v) is 17.3. The normalized spacial score (nSPS) is 11.0. The Morgan fingerprint density at radius 3 is 2.24 bits per heavy atom. The summed E-state index contributed by atoms with van der Waals surface area (Å²) >= 11 is 1.82. The Morgan fingerprint density at radius 2 is 1.52 bits per heavy atom. The molecule has 4 aromatic rings. The first kappa shape index (κ1) is 19.5. The second-order valence-corrected chi connectivity index (χ2v) is 8.11. The van der Waals surface area contributed by atoms with Gasteiger partial charge in [-0.2, -0.15) is 5.10 Å². The van der Waals surface area contributed by atoms with E-state index in [9.17, 15) is 0 Å². The molecule has 0 aliphatic rings. The molecular formula is C24H26N4S. The number of imidazole rings is 1. The van der Waals surface area contributed by atoms with Crippen LogP contribution in [0.1, 0.15) is 25.7 Å². The van der Waals surface area contributed by atoms with Crippen LogP contribution < -0.4 is 0 Å². The Morgan fingerprint density at radius 1 is 0.793 bits per heavy atom. The number of hydrogen-bond donors (Lipinski definition) is 1. The molecule has 0 saturated carbocycles. The van der Waals surface area contributed by atoms with Crippen molar-refractivity contribution in [1.82, 2.24) is 19.7 Å². The predicted octanol–water partition coefficient (Wildman–Crippen LogP) is 6.29. The van der Waals surface area contributed by atoms with E-state index in [1.807, 2.05) is 47.0 Å². The third-order valence-electron chi connectivity index (χ3n) is 4.87. The summed E-state index contributed by atoms with van der Waals surface area (Å²) in [5, 5.41) is 5.25. The van der Waals surface area contributed by atoms with Crippen LogP contribution in [0.15, 0.2) is 84.3 Å². The molecule has 148 valence electrons. The third-order valence-corrected chi connectivity index (χ3v) is 5.83. The Labute approximate surface area is 176 Å². The van der Waals surface area contributed by atoms with Gasteiger partial charge in [-0.15, -0.1) is 0 Å². The maximum Gasteiger partial charge on any atom is 0.166 e. The van der Waals surface area contributed by atoms with Gasteiger partial charge in [-0.3, -0.25) is 4.68 Å². The number of thioether (sulfide) groups is 1. The van der Waals surface area contributed by atoms with Crippen LogP contribution in [0.2, 0.25) is 0 Å². The number of nitrogens with zero attached hydrogens (tertiary/aromatic N) is 3. The van der Waals surface area contributed by atoms with E-state index >= 15 is 0 Å². The van der Waals surface area contributed by atoms with E-state index in [0.29, 0.717) is 0 Å². The van der Waals surface area contributed by atoms with E-state index in [4.69, 9.17) is 4.98 Å². The standard InChI is InChI=1S/C24H26N4S/c1(9-17-28-18-11-16-25-28)2-10-19-29-24-26-22(20-12-5-3-6-13-20)23(27-24)21-14-7-4-8-15-21/h3-8,11-16,18H,1-2,9-10,17,19H2,(H,26,27). The zero-order chi connectivity index (χ0) is 19.7. The second kappa shape index (κ2) is 10.1. The van der Waals surface area contributed by atoms with E-state index in [0.717, 1.165) is 34.4 Å². The lowest BCUT2D eigenvalue weighted by molar-refractivity contribution is 0.542. The monoisotopic (exact) mass is 402 g/mol. The Kier molecular flexibility index (Phi) is 6.81. The fourth-order valence-electron chi connectivity index (χ4n) is 3.37. The highest BCUT2D eigenvalue weighted by atomic mass is 32.2.